The van der Waals surface area contributed by atoms with Gasteiger partial charge >= 0.3 is 6.18 Å². The van der Waals surface area contributed by atoms with E-state index in [1.54, 1.807) is 0 Å². The molecular weight excluding hydrogens is 329 g/mol. The lowest BCUT2D eigenvalue weighted by Gasteiger charge is -2.13. The van der Waals surface area contributed by atoms with E-state index in [-0.39, 0.29) is 18.1 Å². The number of carbonyl (C=O) groups is 1. The minimum Gasteiger partial charge on any atom is -0.376 e. The van der Waals surface area contributed by atoms with E-state index in [0.29, 0.717) is 12.5 Å². The number of amides is 1. The number of alkyl halides is 3. The first-order valence-corrected chi connectivity index (χ1v) is 8.09. The van der Waals surface area contributed by atoms with Gasteiger partial charge in [0.05, 0.1) is 12.1 Å². The summed E-state index contributed by atoms with van der Waals surface area (Å²) >= 11 is 0. The zero-order chi connectivity index (χ0) is 18.3. The minimum atomic E-state index is -4.40. The molecule has 6 heteroatoms. The first kappa shape index (κ1) is 18.8. The molecule has 0 fully saturated rings. The normalized spacial score (nSPS) is 12.5. The number of benzene rings is 2. The van der Waals surface area contributed by atoms with E-state index in [1.165, 1.54) is 17.7 Å². The fraction of sp³-hybridized carbons (Fsp3) is 0.316. The third-order valence-electron chi connectivity index (χ3n) is 3.91. The predicted molar refractivity (Wildman–Crippen MR) is 92.4 cm³/mol. The molecule has 0 aliphatic carbocycles. The van der Waals surface area contributed by atoms with Crippen LogP contribution in [0.4, 0.5) is 18.9 Å². The molecule has 2 rings (SSSR count). The number of hydrogen-bond acceptors (Lipinski definition) is 2. The maximum absolute atomic E-state index is 12.6. The third-order valence-corrected chi connectivity index (χ3v) is 3.91. The van der Waals surface area contributed by atoms with E-state index >= 15 is 0 Å². The standard InChI is InChI=1S/C19H21F3N2O/c1-14(15-6-3-2-4-7-15)10-11-23-18(25)13-24-17-9-5-8-16(12-17)19(20,21)22/h2-9,12,14,24H,10-11,13H2,1H3,(H,23,25). The Morgan fingerprint density at radius 2 is 1.80 bits per heavy atom. The predicted octanol–water partition coefficient (Wildman–Crippen LogP) is 4.43. The summed E-state index contributed by atoms with van der Waals surface area (Å²) < 4.78 is 37.9. The van der Waals surface area contributed by atoms with Crippen LogP contribution in [0.25, 0.3) is 0 Å². The number of nitrogens with one attached hydrogen (secondary N) is 2. The van der Waals surface area contributed by atoms with Crippen LogP contribution in [0.3, 0.4) is 0 Å². The zero-order valence-electron chi connectivity index (χ0n) is 13.9. The van der Waals surface area contributed by atoms with Gasteiger partial charge in [0.2, 0.25) is 5.91 Å². The molecule has 1 amide bonds. The summed E-state index contributed by atoms with van der Waals surface area (Å²) in [5.74, 6) is 0.0654. The fourth-order valence-corrected chi connectivity index (χ4v) is 2.43. The lowest BCUT2D eigenvalue weighted by atomic mass is 9.98. The van der Waals surface area contributed by atoms with E-state index in [0.717, 1.165) is 18.6 Å². The topological polar surface area (TPSA) is 41.1 Å². The van der Waals surface area contributed by atoms with Crippen LogP contribution in [-0.2, 0) is 11.0 Å². The number of anilines is 1. The van der Waals surface area contributed by atoms with Crippen LogP contribution < -0.4 is 10.6 Å². The summed E-state index contributed by atoms with van der Waals surface area (Å²) in [4.78, 5) is 11.8. The lowest BCUT2D eigenvalue weighted by molar-refractivity contribution is -0.137. The number of halogens is 3. The Bertz CT molecular complexity index is 687. The summed E-state index contributed by atoms with van der Waals surface area (Å²) in [6.45, 7) is 2.53. The molecule has 0 aromatic heterocycles. The molecule has 1 unspecified atom stereocenters. The van der Waals surface area contributed by atoms with Gasteiger partial charge in [-0.1, -0.05) is 43.3 Å². The Balaban J connectivity index is 1.74. The maximum Gasteiger partial charge on any atom is 0.416 e. The third kappa shape index (κ3) is 6.14. The largest absolute Gasteiger partial charge is 0.416 e. The molecule has 0 radical (unpaired) electrons. The van der Waals surface area contributed by atoms with Crippen LogP contribution in [0.5, 0.6) is 0 Å². The van der Waals surface area contributed by atoms with Crippen LogP contribution in [-0.4, -0.2) is 19.0 Å². The smallest absolute Gasteiger partial charge is 0.376 e. The van der Waals surface area contributed by atoms with Crippen LogP contribution >= 0.6 is 0 Å². The average Bonchev–Trinajstić information content (AvgIpc) is 2.60. The molecule has 2 aromatic carbocycles. The second-order valence-corrected chi connectivity index (χ2v) is 5.88. The van der Waals surface area contributed by atoms with Crippen molar-refractivity contribution in [3.63, 3.8) is 0 Å². The van der Waals surface area contributed by atoms with Crippen LogP contribution in [0.2, 0.25) is 0 Å². The van der Waals surface area contributed by atoms with Crippen molar-refractivity contribution in [1.82, 2.24) is 5.32 Å². The lowest BCUT2D eigenvalue weighted by Crippen LogP contribution is -2.31. The van der Waals surface area contributed by atoms with E-state index in [9.17, 15) is 18.0 Å². The van der Waals surface area contributed by atoms with Gasteiger partial charge in [-0.05, 0) is 36.1 Å². The summed E-state index contributed by atoms with van der Waals surface area (Å²) in [5.41, 5.74) is 0.732. The van der Waals surface area contributed by atoms with E-state index in [2.05, 4.69) is 17.6 Å². The highest BCUT2D eigenvalue weighted by Crippen LogP contribution is 2.30. The molecule has 2 aromatic rings. The molecule has 1 atom stereocenters. The number of rotatable bonds is 7. The highest BCUT2D eigenvalue weighted by molar-refractivity contribution is 5.80. The Morgan fingerprint density at radius 3 is 2.48 bits per heavy atom. The zero-order valence-corrected chi connectivity index (χ0v) is 13.9. The van der Waals surface area contributed by atoms with Gasteiger partial charge in [0.15, 0.2) is 0 Å². The van der Waals surface area contributed by atoms with Gasteiger partial charge in [-0.15, -0.1) is 0 Å². The van der Waals surface area contributed by atoms with Gasteiger partial charge in [-0.3, -0.25) is 4.79 Å². The van der Waals surface area contributed by atoms with Crippen molar-refractivity contribution >= 4 is 11.6 Å². The highest BCUT2D eigenvalue weighted by atomic mass is 19.4. The van der Waals surface area contributed by atoms with Crippen LogP contribution in [0.1, 0.15) is 30.4 Å². The van der Waals surface area contributed by atoms with Crippen LogP contribution in [0, 0.1) is 0 Å². The monoisotopic (exact) mass is 350 g/mol. The summed E-state index contributed by atoms with van der Waals surface area (Å²) in [6.07, 6.45) is -3.60. The Kier molecular flexibility index (Phi) is 6.44. The molecule has 2 N–H and O–H groups in total. The van der Waals surface area contributed by atoms with Gasteiger partial charge in [-0.2, -0.15) is 13.2 Å². The highest BCUT2D eigenvalue weighted by Gasteiger charge is 2.30. The van der Waals surface area contributed by atoms with E-state index in [4.69, 9.17) is 0 Å². The Labute approximate surface area is 145 Å². The molecule has 0 aliphatic heterocycles. The molecule has 134 valence electrons. The fourth-order valence-electron chi connectivity index (χ4n) is 2.43. The first-order valence-electron chi connectivity index (χ1n) is 8.09. The molecule has 0 bridgehead atoms. The van der Waals surface area contributed by atoms with Crippen molar-refractivity contribution in [2.75, 3.05) is 18.4 Å². The Morgan fingerprint density at radius 1 is 1.08 bits per heavy atom. The molecule has 0 saturated heterocycles. The van der Waals surface area contributed by atoms with Crippen molar-refractivity contribution in [3.8, 4) is 0 Å². The second kappa shape index (κ2) is 8.55. The Hall–Kier alpha value is -2.50. The molecule has 0 aliphatic rings. The van der Waals surface area contributed by atoms with Crippen molar-refractivity contribution in [2.24, 2.45) is 0 Å². The van der Waals surface area contributed by atoms with Crippen molar-refractivity contribution in [2.45, 2.75) is 25.4 Å². The van der Waals surface area contributed by atoms with Crippen molar-refractivity contribution < 1.29 is 18.0 Å². The van der Waals surface area contributed by atoms with E-state index in [1.807, 2.05) is 30.3 Å². The summed E-state index contributed by atoms with van der Waals surface area (Å²) in [7, 11) is 0. The molecule has 0 saturated carbocycles. The van der Waals surface area contributed by atoms with Crippen molar-refractivity contribution in [1.29, 1.82) is 0 Å². The van der Waals surface area contributed by atoms with Gasteiger partial charge in [-0.25, -0.2) is 0 Å². The summed E-state index contributed by atoms with van der Waals surface area (Å²) in [5, 5.41) is 5.49. The van der Waals surface area contributed by atoms with Crippen LogP contribution in [0.15, 0.2) is 54.6 Å². The summed E-state index contributed by atoms with van der Waals surface area (Å²) in [6, 6.07) is 14.8. The second-order valence-electron chi connectivity index (χ2n) is 5.88. The first-order chi connectivity index (χ1) is 11.9. The van der Waals surface area contributed by atoms with Gasteiger partial charge in [0, 0.05) is 12.2 Å². The van der Waals surface area contributed by atoms with Gasteiger partial charge in [0.25, 0.3) is 0 Å². The maximum atomic E-state index is 12.6. The minimum absolute atomic E-state index is 0.0684. The van der Waals surface area contributed by atoms with E-state index < -0.39 is 11.7 Å². The molecule has 25 heavy (non-hydrogen) atoms. The number of carbonyl (C=O) groups excluding carboxylic acids is 1. The SMILES string of the molecule is CC(CCNC(=O)CNc1cccc(C(F)(F)F)c1)c1ccccc1. The number of hydrogen-bond donors (Lipinski definition) is 2. The molecule has 3 nitrogen and oxygen atoms in total. The molecular formula is C19H21F3N2O. The average molecular weight is 350 g/mol. The van der Waals surface area contributed by atoms with Crippen molar-refractivity contribution in [3.05, 3.63) is 65.7 Å². The quantitative estimate of drug-likeness (QED) is 0.776. The molecule has 0 spiro atoms. The van der Waals surface area contributed by atoms with Gasteiger partial charge < -0.3 is 10.6 Å². The van der Waals surface area contributed by atoms with Gasteiger partial charge in [0.1, 0.15) is 0 Å². The molecule has 0 heterocycles.